The maximum atomic E-state index is 2.34. The minimum atomic E-state index is 0.775. The van der Waals surface area contributed by atoms with E-state index < -0.39 is 0 Å². The van der Waals surface area contributed by atoms with Crippen LogP contribution in [0, 0.1) is 5.92 Å². The second-order valence-corrected chi connectivity index (χ2v) is 6.10. The van der Waals surface area contributed by atoms with E-state index in [1.165, 1.54) is 43.8 Å². The molecule has 0 amide bonds. The first-order valence-corrected chi connectivity index (χ1v) is 7.72. The van der Waals surface area contributed by atoms with Gasteiger partial charge in [0.1, 0.15) is 0 Å². The molecule has 0 nitrogen and oxygen atoms in total. The van der Waals surface area contributed by atoms with Crippen molar-refractivity contribution in [3.8, 4) is 0 Å². The first kappa shape index (κ1) is 13.5. The molecule has 0 N–H and O–H groups in total. The van der Waals surface area contributed by atoms with Gasteiger partial charge in [-0.1, -0.05) is 0 Å². The van der Waals surface area contributed by atoms with E-state index in [0.717, 1.165) is 21.1 Å². The van der Waals surface area contributed by atoms with Crippen LogP contribution < -0.4 is 0 Å². The Hall–Kier alpha value is 0.532. The molecule has 0 fully saturated rings. The van der Waals surface area contributed by atoms with Crippen LogP contribution >= 0.6 is 0 Å². The van der Waals surface area contributed by atoms with Gasteiger partial charge < -0.3 is 0 Å². The SMILES string of the molecule is CCCCCCC[CH2][Al+][CH2]C(C)C. The van der Waals surface area contributed by atoms with Gasteiger partial charge >= 0.3 is 91.0 Å². The van der Waals surface area contributed by atoms with Crippen LogP contribution in [0.4, 0.5) is 0 Å². The van der Waals surface area contributed by atoms with Crippen molar-refractivity contribution >= 4 is 15.2 Å². The van der Waals surface area contributed by atoms with Crippen molar-refractivity contribution in [1.82, 2.24) is 0 Å². The van der Waals surface area contributed by atoms with E-state index in [9.17, 15) is 0 Å². The van der Waals surface area contributed by atoms with Gasteiger partial charge in [0.15, 0.2) is 0 Å². The molecule has 0 heterocycles. The Labute approximate surface area is 91.2 Å². The van der Waals surface area contributed by atoms with Crippen molar-refractivity contribution in [2.24, 2.45) is 5.92 Å². The van der Waals surface area contributed by atoms with Crippen LogP contribution in [-0.2, 0) is 0 Å². The van der Waals surface area contributed by atoms with Crippen LogP contribution in [0.15, 0.2) is 0 Å². The molecule has 0 radical (unpaired) electrons. The van der Waals surface area contributed by atoms with Gasteiger partial charge in [-0.3, -0.25) is 0 Å². The summed E-state index contributed by atoms with van der Waals surface area (Å²) in [4.78, 5) is 0. The van der Waals surface area contributed by atoms with Crippen LogP contribution in [0.1, 0.15) is 59.3 Å². The third-order valence-corrected chi connectivity index (χ3v) is 4.49. The summed E-state index contributed by atoms with van der Waals surface area (Å²) in [7, 11) is 0. The van der Waals surface area contributed by atoms with Gasteiger partial charge in [0.05, 0.1) is 0 Å². The van der Waals surface area contributed by atoms with E-state index in [1.54, 1.807) is 5.28 Å². The summed E-state index contributed by atoms with van der Waals surface area (Å²) >= 11 is 0.775. The zero-order valence-corrected chi connectivity index (χ0v) is 11.0. The molecule has 0 rings (SSSR count). The van der Waals surface area contributed by atoms with E-state index in [0.29, 0.717) is 0 Å². The molecule has 0 aromatic rings. The van der Waals surface area contributed by atoms with Gasteiger partial charge in [-0.05, 0) is 0 Å². The quantitative estimate of drug-likeness (QED) is 0.376. The normalized spacial score (nSPS) is 10.5. The number of rotatable bonds is 9. The summed E-state index contributed by atoms with van der Waals surface area (Å²) in [6, 6.07) is 0. The average molecular weight is 197 g/mol. The van der Waals surface area contributed by atoms with Gasteiger partial charge in [0, 0.05) is 0 Å². The summed E-state index contributed by atoms with van der Waals surface area (Å²) in [5.74, 6) is 0.940. The summed E-state index contributed by atoms with van der Waals surface area (Å²) in [5.41, 5.74) is 0. The standard InChI is InChI=1S/C8H17.C4H9.Al/c1-3-5-7-8-6-4-2;1-4(2)3;/h1,3-8H2,2H3;4H,1H2,2-3H3;/q;;+1. The monoisotopic (exact) mass is 197 g/mol. The molecule has 0 aromatic carbocycles. The molecule has 0 atom stereocenters. The summed E-state index contributed by atoms with van der Waals surface area (Å²) in [6.45, 7) is 6.97. The van der Waals surface area contributed by atoms with Crippen molar-refractivity contribution in [3.63, 3.8) is 0 Å². The van der Waals surface area contributed by atoms with E-state index in [1.807, 2.05) is 0 Å². The van der Waals surface area contributed by atoms with Crippen LogP contribution in [0.2, 0.25) is 10.6 Å². The molecular formula is C12H26Al+. The molecule has 13 heavy (non-hydrogen) atoms. The molecule has 0 saturated heterocycles. The van der Waals surface area contributed by atoms with Gasteiger partial charge in [0.25, 0.3) is 0 Å². The molecule has 1 heteroatoms. The molecule has 0 aromatic heterocycles. The van der Waals surface area contributed by atoms with Crippen LogP contribution in [0.3, 0.4) is 0 Å². The first-order valence-electron chi connectivity index (χ1n) is 6.09. The minimum absolute atomic E-state index is 0.775. The molecule has 76 valence electrons. The van der Waals surface area contributed by atoms with Crippen LogP contribution in [0.25, 0.3) is 0 Å². The van der Waals surface area contributed by atoms with Gasteiger partial charge in [-0.25, -0.2) is 0 Å². The fourth-order valence-corrected chi connectivity index (χ4v) is 3.00. The predicted octanol–water partition coefficient (Wildman–Crippen LogP) is 4.54. The van der Waals surface area contributed by atoms with E-state index in [4.69, 9.17) is 0 Å². The number of unbranched alkanes of at least 4 members (excludes halogenated alkanes) is 5. The Morgan fingerprint density at radius 1 is 0.923 bits per heavy atom. The maximum absolute atomic E-state index is 2.34. The molecule has 0 unspecified atom stereocenters. The Morgan fingerprint density at radius 2 is 1.54 bits per heavy atom. The second kappa shape index (κ2) is 10.6. The number of hydrogen-bond donors (Lipinski definition) is 0. The number of hydrogen-bond acceptors (Lipinski definition) is 0. The molecule has 0 aliphatic heterocycles. The Balaban J connectivity index is 2.84. The summed E-state index contributed by atoms with van der Waals surface area (Å²) in [5, 5.41) is 3.05. The molecule has 0 saturated carbocycles. The Bertz CT molecular complexity index is 89.1. The first-order chi connectivity index (χ1) is 6.27. The van der Waals surface area contributed by atoms with Crippen LogP contribution in [-0.4, -0.2) is 15.2 Å². The van der Waals surface area contributed by atoms with Gasteiger partial charge in [-0.15, -0.1) is 0 Å². The van der Waals surface area contributed by atoms with Crippen molar-refractivity contribution in [2.75, 3.05) is 0 Å². The molecule has 0 bridgehead atoms. The van der Waals surface area contributed by atoms with Crippen molar-refractivity contribution < 1.29 is 0 Å². The average Bonchev–Trinajstić information content (AvgIpc) is 2.09. The van der Waals surface area contributed by atoms with Crippen molar-refractivity contribution in [2.45, 2.75) is 69.9 Å². The van der Waals surface area contributed by atoms with E-state index in [2.05, 4.69) is 20.8 Å². The Morgan fingerprint density at radius 3 is 2.15 bits per heavy atom. The predicted molar refractivity (Wildman–Crippen MR) is 63.6 cm³/mol. The van der Waals surface area contributed by atoms with E-state index in [-0.39, 0.29) is 0 Å². The third-order valence-electron chi connectivity index (χ3n) is 2.40. The fraction of sp³-hybridized carbons (Fsp3) is 1.00. The van der Waals surface area contributed by atoms with Crippen molar-refractivity contribution in [1.29, 1.82) is 0 Å². The molecule has 0 aliphatic rings. The van der Waals surface area contributed by atoms with Crippen LogP contribution in [0.5, 0.6) is 0 Å². The van der Waals surface area contributed by atoms with Gasteiger partial charge in [0.2, 0.25) is 0 Å². The summed E-state index contributed by atoms with van der Waals surface area (Å²) < 4.78 is 0. The molecule has 0 aliphatic carbocycles. The molecular weight excluding hydrogens is 171 g/mol. The second-order valence-electron chi connectivity index (χ2n) is 4.47. The molecule has 0 spiro atoms. The summed E-state index contributed by atoms with van der Waals surface area (Å²) in [6.07, 6.45) is 8.76. The fourth-order valence-electron chi connectivity index (χ4n) is 1.52. The van der Waals surface area contributed by atoms with Gasteiger partial charge in [-0.2, -0.15) is 0 Å². The van der Waals surface area contributed by atoms with Crippen molar-refractivity contribution in [3.05, 3.63) is 0 Å². The zero-order valence-electron chi connectivity index (χ0n) is 9.81. The third kappa shape index (κ3) is 12.5. The topological polar surface area (TPSA) is 0 Å². The Kier molecular flexibility index (Phi) is 11.0. The zero-order chi connectivity index (χ0) is 9.94. The van der Waals surface area contributed by atoms with E-state index >= 15 is 0 Å².